The molecule has 0 aliphatic rings. The van der Waals surface area contributed by atoms with Crippen molar-refractivity contribution in [2.24, 2.45) is 5.73 Å². The maximum absolute atomic E-state index is 13.2. The molecule has 1 aromatic rings. The van der Waals surface area contributed by atoms with Gasteiger partial charge in [-0.3, -0.25) is 0 Å². The van der Waals surface area contributed by atoms with E-state index in [0.717, 1.165) is 5.56 Å². The van der Waals surface area contributed by atoms with Crippen molar-refractivity contribution in [2.75, 3.05) is 6.54 Å². The highest BCUT2D eigenvalue weighted by Crippen LogP contribution is 2.31. The Hall–Kier alpha value is -1.04. The Balaban J connectivity index is 3.23. The van der Waals surface area contributed by atoms with E-state index in [0.29, 0.717) is 19.4 Å². The zero-order chi connectivity index (χ0) is 16.1. The molecule has 0 aliphatic heterocycles. The maximum atomic E-state index is 13.2. The second-order valence-corrected chi connectivity index (χ2v) is 8.07. The standard InChI is InChI=1S/C16H25FN2OS/c1-5-10-16(11-12-18,19-21(20)15(2,3)4)13-6-8-14(17)9-7-13/h5-9,19H,1,10-12,18H2,2-4H3/t16-,21?/m1/s1. The van der Waals surface area contributed by atoms with Gasteiger partial charge < -0.3 is 5.73 Å². The Labute approximate surface area is 129 Å². The van der Waals surface area contributed by atoms with Crippen LogP contribution in [0.2, 0.25) is 0 Å². The van der Waals surface area contributed by atoms with Crippen molar-refractivity contribution in [3.63, 3.8) is 0 Å². The van der Waals surface area contributed by atoms with E-state index in [1.165, 1.54) is 12.1 Å². The molecule has 2 atom stereocenters. The van der Waals surface area contributed by atoms with Gasteiger partial charge in [0.25, 0.3) is 0 Å². The molecular formula is C16H25FN2OS. The van der Waals surface area contributed by atoms with E-state index in [4.69, 9.17) is 5.73 Å². The molecule has 0 amide bonds. The predicted molar refractivity (Wildman–Crippen MR) is 87.6 cm³/mol. The Bertz CT molecular complexity index is 496. The Morgan fingerprint density at radius 3 is 2.33 bits per heavy atom. The van der Waals surface area contributed by atoms with Gasteiger partial charge in [-0.15, -0.1) is 6.58 Å². The zero-order valence-corrected chi connectivity index (χ0v) is 13.8. The normalized spacial score (nSPS) is 16.2. The Morgan fingerprint density at radius 2 is 1.90 bits per heavy atom. The summed E-state index contributed by atoms with van der Waals surface area (Å²) in [5.41, 5.74) is 6.02. The maximum Gasteiger partial charge on any atom is 0.123 e. The van der Waals surface area contributed by atoms with E-state index in [2.05, 4.69) is 11.3 Å². The fourth-order valence-electron chi connectivity index (χ4n) is 2.11. The molecule has 0 fully saturated rings. The predicted octanol–water partition coefficient (Wildman–Crippen LogP) is 3.00. The lowest BCUT2D eigenvalue weighted by Crippen LogP contribution is -2.49. The molecule has 1 aromatic carbocycles. The third-order valence-electron chi connectivity index (χ3n) is 3.30. The van der Waals surface area contributed by atoms with Crippen LogP contribution in [-0.4, -0.2) is 15.5 Å². The number of nitrogens with two attached hydrogens (primary N) is 1. The fraction of sp³-hybridized carbons (Fsp3) is 0.500. The SMILES string of the molecule is C=CC[C@](CCN)(NS(=O)C(C)(C)C)c1ccc(F)cc1. The first kappa shape index (κ1) is 18.0. The van der Waals surface area contributed by atoms with Crippen LogP contribution in [0.5, 0.6) is 0 Å². The van der Waals surface area contributed by atoms with E-state index < -0.39 is 21.3 Å². The van der Waals surface area contributed by atoms with Crippen LogP contribution in [0.15, 0.2) is 36.9 Å². The average molecular weight is 312 g/mol. The number of nitrogens with one attached hydrogen (secondary N) is 1. The van der Waals surface area contributed by atoms with Crippen LogP contribution in [-0.2, 0) is 16.5 Å². The van der Waals surface area contributed by atoms with Crippen LogP contribution < -0.4 is 10.5 Å². The number of hydrogen-bond donors (Lipinski definition) is 2. The summed E-state index contributed by atoms with van der Waals surface area (Å²) >= 11 is 0. The van der Waals surface area contributed by atoms with Gasteiger partial charge in [0.15, 0.2) is 0 Å². The smallest absolute Gasteiger partial charge is 0.123 e. The lowest BCUT2D eigenvalue weighted by Gasteiger charge is -2.36. The lowest BCUT2D eigenvalue weighted by molar-refractivity contribution is 0.377. The summed E-state index contributed by atoms with van der Waals surface area (Å²) in [5.74, 6) is -0.295. The molecule has 21 heavy (non-hydrogen) atoms. The second-order valence-electron chi connectivity index (χ2n) is 6.10. The number of benzene rings is 1. The molecule has 5 heteroatoms. The molecule has 1 unspecified atom stereocenters. The van der Waals surface area contributed by atoms with Crippen LogP contribution in [0.25, 0.3) is 0 Å². The molecule has 3 N–H and O–H groups in total. The highest BCUT2D eigenvalue weighted by Gasteiger charge is 2.35. The number of hydrogen-bond acceptors (Lipinski definition) is 2. The summed E-state index contributed by atoms with van der Waals surface area (Å²) in [6.07, 6.45) is 2.93. The summed E-state index contributed by atoms with van der Waals surface area (Å²) in [6.45, 7) is 9.93. The minimum atomic E-state index is -1.26. The molecule has 0 aliphatic carbocycles. The molecule has 1 rings (SSSR count). The molecule has 0 saturated carbocycles. The highest BCUT2D eigenvalue weighted by molar-refractivity contribution is 7.84. The molecule has 0 radical (unpaired) electrons. The van der Waals surface area contributed by atoms with Gasteiger partial charge in [-0.2, -0.15) is 0 Å². The number of rotatable bonds is 7. The van der Waals surface area contributed by atoms with Crippen molar-refractivity contribution in [2.45, 2.75) is 43.9 Å². The zero-order valence-electron chi connectivity index (χ0n) is 13.0. The van der Waals surface area contributed by atoms with Gasteiger partial charge in [-0.1, -0.05) is 18.2 Å². The van der Waals surface area contributed by atoms with Crippen LogP contribution in [0, 0.1) is 5.82 Å². The van der Waals surface area contributed by atoms with E-state index in [1.54, 1.807) is 18.2 Å². The van der Waals surface area contributed by atoms with Crippen molar-refractivity contribution in [1.29, 1.82) is 0 Å². The summed E-state index contributed by atoms with van der Waals surface area (Å²) < 4.78 is 28.5. The van der Waals surface area contributed by atoms with Crippen LogP contribution in [0.1, 0.15) is 39.2 Å². The summed E-state index contributed by atoms with van der Waals surface area (Å²) in [4.78, 5) is 0. The quantitative estimate of drug-likeness (QED) is 0.761. The van der Waals surface area contributed by atoms with Crippen LogP contribution >= 0.6 is 0 Å². The largest absolute Gasteiger partial charge is 0.330 e. The molecule has 0 spiro atoms. The molecular weight excluding hydrogens is 287 g/mol. The van der Waals surface area contributed by atoms with E-state index in [1.807, 2.05) is 20.8 Å². The average Bonchev–Trinajstić information content (AvgIpc) is 2.38. The van der Waals surface area contributed by atoms with Crippen molar-refractivity contribution < 1.29 is 8.60 Å². The van der Waals surface area contributed by atoms with Crippen molar-refractivity contribution in [3.05, 3.63) is 48.3 Å². The monoisotopic (exact) mass is 312 g/mol. The van der Waals surface area contributed by atoms with Gasteiger partial charge in [0, 0.05) is 0 Å². The Kier molecular flexibility index (Phi) is 6.25. The van der Waals surface area contributed by atoms with Crippen LogP contribution in [0.3, 0.4) is 0 Å². The van der Waals surface area contributed by atoms with E-state index in [-0.39, 0.29) is 5.82 Å². The Morgan fingerprint density at radius 1 is 1.33 bits per heavy atom. The minimum absolute atomic E-state index is 0.295. The third-order valence-corrected chi connectivity index (χ3v) is 4.99. The third kappa shape index (κ3) is 4.73. The van der Waals surface area contributed by atoms with E-state index >= 15 is 0 Å². The second kappa shape index (κ2) is 7.29. The topological polar surface area (TPSA) is 55.1 Å². The number of halogens is 1. The van der Waals surface area contributed by atoms with Gasteiger partial charge in [0.2, 0.25) is 0 Å². The summed E-state index contributed by atoms with van der Waals surface area (Å²) in [7, 11) is -1.26. The molecule has 118 valence electrons. The van der Waals surface area contributed by atoms with Crippen molar-refractivity contribution in [1.82, 2.24) is 4.72 Å². The molecule has 3 nitrogen and oxygen atoms in total. The van der Waals surface area contributed by atoms with Gasteiger partial charge in [0.1, 0.15) is 5.82 Å². The van der Waals surface area contributed by atoms with Crippen molar-refractivity contribution in [3.8, 4) is 0 Å². The highest BCUT2D eigenvalue weighted by atomic mass is 32.2. The summed E-state index contributed by atoms with van der Waals surface area (Å²) in [6, 6.07) is 6.24. The first-order valence-corrected chi connectivity index (χ1v) is 8.17. The first-order chi connectivity index (χ1) is 9.75. The lowest BCUT2D eigenvalue weighted by atomic mass is 9.84. The fourth-order valence-corrected chi connectivity index (χ4v) is 3.07. The molecule has 0 heterocycles. The van der Waals surface area contributed by atoms with Crippen molar-refractivity contribution >= 4 is 11.0 Å². The molecule has 0 bridgehead atoms. The molecule has 0 aromatic heterocycles. The van der Waals surface area contributed by atoms with E-state index in [9.17, 15) is 8.60 Å². The summed E-state index contributed by atoms with van der Waals surface area (Å²) in [5, 5.41) is 0. The molecule has 0 saturated heterocycles. The van der Waals surface area contributed by atoms with Gasteiger partial charge in [-0.25, -0.2) is 13.3 Å². The minimum Gasteiger partial charge on any atom is -0.330 e. The first-order valence-electron chi connectivity index (χ1n) is 7.02. The van der Waals surface area contributed by atoms with Gasteiger partial charge in [0.05, 0.1) is 21.3 Å². The van der Waals surface area contributed by atoms with Gasteiger partial charge >= 0.3 is 0 Å². The van der Waals surface area contributed by atoms with Gasteiger partial charge in [-0.05, 0) is 57.9 Å². The van der Waals surface area contributed by atoms with Crippen LogP contribution in [0.4, 0.5) is 4.39 Å².